The second-order valence-corrected chi connectivity index (χ2v) is 6.84. The molecule has 7 heteroatoms. The van der Waals surface area contributed by atoms with Gasteiger partial charge in [-0.3, -0.25) is 4.79 Å². The molecule has 1 fully saturated rings. The van der Waals surface area contributed by atoms with Crippen molar-refractivity contribution in [3.63, 3.8) is 0 Å². The maximum atomic E-state index is 12.2. The Morgan fingerprint density at radius 3 is 3.00 bits per heavy atom. The number of halogens is 1. The number of aryl methyl sites for hydroxylation is 1. The molecule has 1 N–H and O–H groups in total. The van der Waals surface area contributed by atoms with E-state index in [0.717, 1.165) is 10.7 Å². The molecule has 0 atom stereocenters. The minimum absolute atomic E-state index is 0.0969. The average Bonchev–Trinajstić information content (AvgIpc) is 3.27. The van der Waals surface area contributed by atoms with Crippen LogP contribution in [0.4, 0.5) is 5.69 Å². The van der Waals surface area contributed by atoms with Crippen molar-refractivity contribution in [2.24, 2.45) is 0 Å². The SMILES string of the molecule is COc1cc(Cl)c(C)cc1NC(=O)CSc1nccn1C1CC1. The van der Waals surface area contributed by atoms with Crippen LogP contribution in [-0.2, 0) is 4.79 Å². The molecular weight excluding hydrogens is 334 g/mol. The fraction of sp³-hybridized carbons (Fsp3) is 0.375. The van der Waals surface area contributed by atoms with E-state index in [1.165, 1.54) is 24.6 Å². The standard InChI is InChI=1S/C16H18ClN3O2S/c1-10-7-13(14(22-2)8-12(10)17)19-15(21)9-23-16-18-5-6-20(16)11-3-4-11/h5-8,11H,3-4,9H2,1-2H3,(H,19,21). The van der Waals surface area contributed by atoms with E-state index >= 15 is 0 Å². The quantitative estimate of drug-likeness (QED) is 0.801. The van der Waals surface area contributed by atoms with Gasteiger partial charge in [-0.1, -0.05) is 23.4 Å². The van der Waals surface area contributed by atoms with Gasteiger partial charge in [0, 0.05) is 29.5 Å². The second-order valence-electron chi connectivity index (χ2n) is 5.49. The smallest absolute Gasteiger partial charge is 0.234 e. The first-order chi connectivity index (χ1) is 11.1. The van der Waals surface area contributed by atoms with Gasteiger partial charge in [0.15, 0.2) is 5.16 Å². The molecule has 23 heavy (non-hydrogen) atoms. The van der Waals surface area contributed by atoms with Crippen molar-refractivity contribution in [2.45, 2.75) is 31.0 Å². The second kappa shape index (κ2) is 6.84. The van der Waals surface area contributed by atoms with E-state index in [1.807, 2.05) is 19.2 Å². The summed E-state index contributed by atoms with van der Waals surface area (Å²) in [5.41, 5.74) is 1.52. The molecule has 1 aliphatic carbocycles. The van der Waals surface area contributed by atoms with Crippen LogP contribution in [0.1, 0.15) is 24.4 Å². The minimum Gasteiger partial charge on any atom is -0.495 e. The van der Waals surface area contributed by atoms with Gasteiger partial charge in [-0.2, -0.15) is 0 Å². The molecule has 0 aliphatic heterocycles. The number of benzene rings is 1. The Morgan fingerprint density at radius 1 is 1.52 bits per heavy atom. The van der Waals surface area contributed by atoms with Crippen molar-refractivity contribution in [2.75, 3.05) is 18.2 Å². The van der Waals surface area contributed by atoms with Gasteiger partial charge < -0.3 is 14.6 Å². The van der Waals surface area contributed by atoms with Gasteiger partial charge in [0.2, 0.25) is 5.91 Å². The number of ether oxygens (including phenoxy) is 1. The van der Waals surface area contributed by atoms with Crippen molar-refractivity contribution in [3.8, 4) is 5.75 Å². The summed E-state index contributed by atoms with van der Waals surface area (Å²) in [7, 11) is 1.55. The van der Waals surface area contributed by atoms with Crippen molar-refractivity contribution < 1.29 is 9.53 Å². The van der Waals surface area contributed by atoms with Crippen molar-refractivity contribution >= 4 is 35.0 Å². The number of carbonyl (C=O) groups excluding carboxylic acids is 1. The lowest BCUT2D eigenvalue weighted by atomic mass is 10.2. The predicted octanol–water partition coefficient (Wildman–Crippen LogP) is 3.92. The van der Waals surface area contributed by atoms with Gasteiger partial charge in [0.05, 0.1) is 18.6 Å². The Balaban J connectivity index is 1.63. The number of carbonyl (C=O) groups is 1. The summed E-state index contributed by atoms with van der Waals surface area (Å²) >= 11 is 7.52. The van der Waals surface area contributed by atoms with Gasteiger partial charge in [0.25, 0.3) is 0 Å². The maximum absolute atomic E-state index is 12.2. The van der Waals surface area contributed by atoms with E-state index in [4.69, 9.17) is 16.3 Å². The number of aromatic nitrogens is 2. The van der Waals surface area contributed by atoms with Crippen LogP contribution < -0.4 is 10.1 Å². The van der Waals surface area contributed by atoms with E-state index < -0.39 is 0 Å². The highest BCUT2D eigenvalue weighted by Crippen LogP contribution is 2.37. The highest BCUT2D eigenvalue weighted by atomic mass is 35.5. The number of amides is 1. The molecule has 1 saturated carbocycles. The lowest BCUT2D eigenvalue weighted by Crippen LogP contribution is -2.15. The molecular formula is C16H18ClN3O2S. The molecule has 1 aromatic carbocycles. The number of anilines is 1. The molecule has 1 aliphatic rings. The highest BCUT2D eigenvalue weighted by Gasteiger charge is 2.25. The van der Waals surface area contributed by atoms with E-state index in [1.54, 1.807) is 19.4 Å². The van der Waals surface area contributed by atoms with Crippen LogP contribution in [0.25, 0.3) is 0 Å². The fourth-order valence-electron chi connectivity index (χ4n) is 2.29. The molecule has 0 bridgehead atoms. The molecule has 1 heterocycles. The molecule has 122 valence electrons. The molecule has 0 saturated heterocycles. The zero-order valence-electron chi connectivity index (χ0n) is 13.0. The lowest BCUT2D eigenvalue weighted by Gasteiger charge is -2.12. The maximum Gasteiger partial charge on any atom is 0.234 e. The van der Waals surface area contributed by atoms with Crippen molar-refractivity contribution in [1.29, 1.82) is 0 Å². The summed E-state index contributed by atoms with van der Waals surface area (Å²) in [6.45, 7) is 1.89. The third-order valence-electron chi connectivity index (χ3n) is 3.66. The van der Waals surface area contributed by atoms with Crippen LogP contribution in [0, 0.1) is 6.92 Å². The number of methoxy groups -OCH3 is 1. The number of hydrogen-bond acceptors (Lipinski definition) is 4. The van der Waals surface area contributed by atoms with Crippen LogP contribution in [0.2, 0.25) is 5.02 Å². The summed E-state index contributed by atoms with van der Waals surface area (Å²) in [5, 5.41) is 4.38. The Hall–Kier alpha value is -1.66. The number of hydrogen-bond donors (Lipinski definition) is 1. The van der Waals surface area contributed by atoms with Crippen LogP contribution in [-0.4, -0.2) is 28.3 Å². The monoisotopic (exact) mass is 351 g/mol. The molecule has 0 unspecified atom stereocenters. The molecule has 3 rings (SSSR count). The Morgan fingerprint density at radius 2 is 2.30 bits per heavy atom. The lowest BCUT2D eigenvalue weighted by molar-refractivity contribution is -0.113. The van der Waals surface area contributed by atoms with Gasteiger partial charge in [-0.05, 0) is 31.4 Å². The third-order valence-corrected chi connectivity index (χ3v) is 5.05. The van der Waals surface area contributed by atoms with Crippen molar-refractivity contribution in [3.05, 3.63) is 35.1 Å². The van der Waals surface area contributed by atoms with E-state index in [-0.39, 0.29) is 5.91 Å². The number of thioether (sulfide) groups is 1. The largest absolute Gasteiger partial charge is 0.495 e. The Kier molecular flexibility index (Phi) is 4.82. The van der Waals surface area contributed by atoms with E-state index in [2.05, 4.69) is 14.9 Å². The van der Waals surface area contributed by atoms with Crippen LogP contribution in [0.3, 0.4) is 0 Å². The van der Waals surface area contributed by atoms with E-state index in [9.17, 15) is 4.79 Å². The zero-order valence-corrected chi connectivity index (χ0v) is 14.6. The van der Waals surface area contributed by atoms with Crippen LogP contribution in [0.15, 0.2) is 29.7 Å². The molecule has 1 amide bonds. The summed E-state index contributed by atoms with van der Waals surface area (Å²) < 4.78 is 7.41. The van der Waals surface area contributed by atoms with Crippen LogP contribution in [0.5, 0.6) is 5.75 Å². The average molecular weight is 352 g/mol. The molecule has 5 nitrogen and oxygen atoms in total. The van der Waals surface area contributed by atoms with Gasteiger partial charge >= 0.3 is 0 Å². The Labute approximate surface area is 144 Å². The summed E-state index contributed by atoms with van der Waals surface area (Å²) in [6, 6.07) is 4.08. The molecule has 1 aromatic heterocycles. The first-order valence-corrected chi connectivity index (χ1v) is 8.74. The minimum atomic E-state index is -0.0969. The van der Waals surface area contributed by atoms with Gasteiger partial charge in [-0.15, -0.1) is 0 Å². The molecule has 2 aromatic rings. The van der Waals surface area contributed by atoms with Gasteiger partial charge in [0.1, 0.15) is 5.75 Å². The third kappa shape index (κ3) is 3.82. The summed E-state index contributed by atoms with van der Waals surface area (Å²) in [4.78, 5) is 16.5. The highest BCUT2D eigenvalue weighted by molar-refractivity contribution is 7.99. The molecule has 0 spiro atoms. The predicted molar refractivity (Wildman–Crippen MR) is 92.6 cm³/mol. The summed E-state index contributed by atoms with van der Waals surface area (Å²) in [5.74, 6) is 0.757. The van der Waals surface area contributed by atoms with E-state index in [0.29, 0.717) is 28.3 Å². The number of nitrogens with zero attached hydrogens (tertiary/aromatic N) is 2. The van der Waals surface area contributed by atoms with Gasteiger partial charge in [-0.25, -0.2) is 4.98 Å². The normalized spacial score (nSPS) is 13.9. The fourth-order valence-corrected chi connectivity index (χ4v) is 3.27. The Bertz CT molecular complexity index is 728. The molecule has 0 radical (unpaired) electrons. The first kappa shape index (κ1) is 16.2. The zero-order chi connectivity index (χ0) is 16.4. The number of imidazole rings is 1. The van der Waals surface area contributed by atoms with Crippen molar-refractivity contribution in [1.82, 2.24) is 9.55 Å². The topological polar surface area (TPSA) is 56.1 Å². The number of rotatable bonds is 6. The first-order valence-electron chi connectivity index (χ1n) is 7.38. The number of nitrogens with one attached hydrogen (secondary N) is 1. The summed E-state index contributed by atoms with van der Waals surface area (Å²) in [6.07, 6.45) is 6.14. The van der Waals surface area contributed by atoms with Crippen LogP contribution >= 0.6 is 23.4 Å².